The number of ether oxygens (including phenoxy) is 1. The Balaban J connectivity index is 1.84. The summed E-state index contributed by atoms with van der Waals surface area (Å²) >= 11 is 0. The van der Waals surface area contributed by atoms with Gasteiger partial charge >= 0.3 is 5.97 Å². The molecule has 1 radical (unpaired) electrons. The van der Waals surface area contributed by atoms with Crippen molar-refractivity contribution in [2.75, 3.05) is 7.11 Å². The molecule has 2 nitrogen and oxygen atoms in total. The van der Waals surface area contributed by atoms with Crippen molar-refractivity contribution in [3.8, 4) is 0 Å². The van der Waals surface area contributed by atoms with Crippen molar-refractivity contribution in [1.29, 1.82) is 0 Å². The van der Waals surface area contributed by atoms with Crippen LogP contribution in [0.3, 0.4) is 0 Å². The van der Waals surface area contributed by atoms with Crippen LogP contribution in [-0.2, 0) is 9.53 Å². The maximum atomic E-state index is 11.7. The van der Waals surface area contributed by atoms with E-state index in [1.54, 1.807) is 5.92 Å². The average Bonchev–Trinajstić information content (AvgIpc) is 2.15. The lowest BCUT2D eigenvalue weighted by molar-refractivity contribution is -0.155. The molecular weight excluding hydrogens is 176 g/mol. The van der Waals surface area contributed by atoms with E-state index in [4.69, 9.17) is 4.74 Å². The smallest absolute Gasteiger partial charge is 0.309 e. The summed E-state index contributed by atoms with van der Waals surface area (Å²) in [4.78, 5) is 11.7. The maximum Gasteiger partial charge on any atom is 0.309 e. The molecule has 4 aliphatic rings. The van der Waals surface area contributed by atoms with Gasteiger partial charge in [-0.1, -0.05) is 0 Å². The zero-order valence-electron chi connectivity index (χ0n) is 8.66. The fourth-order valence-electron chi connectivity index (χ4n) is 4.14. The molecule has 14 heavy (non-hydrogen) atoms. The molecule has 0 aromatic rings. The number of hydrogen-bond acceptors (Lipinski definition) is 2. The molecule has 4 fully saturated rings. The average molecular weight is 193 g/mol. The summed E-state index contributed by atoms with van der Waals surface area (Å²) in [6, 6.07) is 0. The first kappa shape index (κ1) is 8.75. The second-order valence-corrected chi connectivity index (χ2v) is 5.27. The van der Waals surface area contributed by atoms with E-state index in [1.165, 1.54) is 39.2 Å². The predicted molar refractivity (Wildman–Crippen MR) is 52.3 cm³/mol. The quantitative estimate of drug-likeness (QED) is 0.597. The lowest BCUT2D eigenvalue weighted by Gasteiger charge is -2.52. The summed E-state index contributed by atoms with van der Waals surface area (Å²) in [5.41, 5.74) is 0. The zero-order valence-corrected chi connectivity index (χ0v) is 8.66. The van der Waals surface area contributed by atoms with Crippen LogP contribution in [0.15, 0.2) is 0 Å². The van der Waals surface area contributed by atoms with Crippen molar-refractivity contribution < 1.29 is 9.53 Å². The highest BCUT2D eigenvalue weighted by Crippen LogP contribution is 2.57. The molecular formula is C12H17O2. The SMILES string of the molecule is COC(=O)C1C2C[C]3CC(C2)CC1C3. The van der Waals surface area contributed by atoms with Crippen LogP contribution in [0.1, 0.15) is 32.1 Å². The third-order valence-electron chi connectivity index (χ3n) is 4.44. The minimum absolute atomic E-state index is 0.0550. The number of carbonyl (C=O) groups is 1. The van der Waals surface area contributed by atoms with Crippen molar-refractivity contribution in [3.05, 3.63) is 5.92 Å². The van der Waals surface area contributed by atoms with Crippen molar-refractivity contribution in [2.45, 2.75) is 32.1 Å². The number of methoxy groups -OCH3 is 1. The summed E-state index contributed by atoms with van der Waals surface area (Å²) in [7, 11) is 1.53. The third-order valence-corrected chi connectivity index (χ3v) is 4.44. The van der Waals surface area contributed by atoms with Gasteiger partial charge in [-0.15, -0.1) is 0 Å². The fourth-order valence-corrected chi connectivity index (χ4v) is 4.14. The summed E-state index contributed by atoms with van der Waals surface area (Å²) in [5, 5.41) is 0. The Morgan fingerprint density at radius 3 is 2.36 bits per heavy atom. The van der Waals surface area contributed by atoms with Gasteiger partial charge in [0, 0.05) is 0 Å². The van der Waals surface area contributed by atoms with Crippen LogP contribution in [0.2, 0.25) is 0 Å². The van der Waals surface area contributed by atoms with Gasteiger partial charge in [0.05, 0.1) is 13.0 Å². The molecule has 2 atom stereocenters. The van der Waals surface area contributed by atoms with Crippen LogP contribution in [0.25, 0.3) is 0 Å². The molecule has 0 aromatic carbocycles. The fraction of sp³-hybridized carbons (Fsp3) is 0.833. The molecule has 0 aliphatic heterocycles. The van der Waals surface area contributed by atoms with Gasteiger partial charge < -0.3 is 4.74 Å². The second kappa shape index (κ2) is 2.98. The van der Waals surface area contributed by atoms with Gasteiger partial charge in [-0.05, 0) is 55.8 Å². The Kier molecular flexibility index (Phi) is 1.86. The molecule has 0 amide bonds. The Bertz CT molecular complexity index is 231. The molecule has 0 aromatic heterocycles. The molecule has 77 valence electrons. The predicted octanol–water partition coefficient (Wildman–Crippen LogP) is 2.19. The zero-order chi connectivity index (χ0) is 9.71. The highest BCUT2D eigenvalue weighted by atomic mass is 16.5. The largest absolute Gasteiger partial charge is 0.469 e. The molecule has 2 unspecified atom stereocenters. The summed E-state index contributed by atoms with van der Waals surface area (Å²) in [6.07, 6.45) is 6.35. The number of rotatable bonds is 1. The molecule has 0 heterocycles. The van der Waals surface area contributed by atoms with E-state index in [2.05, 4.69) is 0 Å². The van der Waals surface area contributed by atoms with Crippen molar-refractivity contribution >= 4 is 5.97 Å². The van der Waals surface area contributed by atoms with Crippen LogP contribution < -0.4 is 0 Å². The van der Waals surface area contributed by atoms with Gasteiger partial charge in [0.25, 0.3) is 0 Å². The van der Waals surface area contributed by atoms with Gasteiger partial charge in [0.2, 0.25) is 0 Å². The molecule has 2 heteroatoms. The van der Waals surface area contributed by atoms with E-state index < -0.39 is 0 Å². The normalized spacial score (nSPS) is 45.5. The van der Waals surface area contributed by atoms with E-state index in [0.29, 0.717) is 11.8 Å². The van der Waals surface area contributed by atoms with E-state index in [-0.39, 0.29) is 11.9 Å². The summed E-state index contributed by atoms with van der Waals surface area (Å²) in [6.45, 7) is 0. The Labute approximate surface area is 85.0 Å². The first-order valence-electron chi connectivity index (χ1n) is 5.69. The van der Waals surface area contributed by atoms with Gasteiger partial charge in [-0.3, -0.25) is 4.79 Å². The first-order valence-corrected chi connectivity index (χ1v) is 5.69. The van der Waals surface area contributed by atoms with Gasteiger partial charge in [-0.2, -0.15) is 0 Å². The molecule has 0 spiro atoms. The van der Waals surface area contributed by atoms with E-state index in [0.717, 1.165) is 5.92 Å². The van der Waals surface area contributed by atoms with Crippen molar-refractivity contribution in [3.63, 3.8) is 0 Å². The van der Waals surface area contributed by atoms with E-state index in [1.807, 2.05) is 0 Å². The van der Waals surface area contributed by atoms with Crippen LogP contribution >= 0.6 is 0 Å². The van der Waals surface area contributed by atoms with Gasteiger partial charge in [-0.25, -0.2) is 0 Å². The first-order chi connectivity index (χ1) is 6.78. The number of hydrogen-bond donors (Lipinski definition) is 0. The van der Waals surface area contributed by atoms with Crippen molar-refractivity contribution in [1.82, 2.24) is 0 Å². The highest BCUT2D eigenvalue weighted by Gasteiger charge is 2.51. The summed E-state index contributed by atoms with van der Waals surface area (Å²) < 4.78 is 4.93. The molecule has 4 aliphatic carbocycles. The van der Waals surface area contributed by atoms with Gasteiger partial charge in [0.1, 0.15) is 0 Å². The van der Waals surface area contributed by atoms with E-state index in [9.17, 15) is 4.79 Å². The lowest BCUT2D eigenvalue weighted by Crippen LogP contribution is -2.47. The minimum atomic E-state index is 0.0550. The summed E-state index contributed by atoms with van der Waals surface area (Å²) in [5.74, 6) is 4.19. The topological polar surface area (TPSA) is 26.3 Å². The maximum absolute atomic E-state index is 11.7. The standard InChI is InChI=1S/C12H17O2/c1-14-12(13)11-9-3-7-2-8(5-9)6-10(11)4-7/h7,9-11H,2-6H2,1H3. The molecule has 4 rings (SSSR count). The van der Waals surface area contributed by atoms with Crippen LogP contribution in [-0.4, -0.2) is 13.1 Å². The Morgan fingerprint density at radius 2 is 1.86 bits per heavy atom. The number of carbonyl (C=O) groups excluding carboxylic acids is 1. The van der Waals surface area contributed by atoms with Crippen LogP contribution in [0, 0.1) is 29.6 Å². The Hall–Kier alpha value is -0.530. The molecule has 0 saturated heterocycles. The van der Waals surface area contributed by atoms with Crippen LogP contribution in [0.5, 0.6) is 0 Å². The molecule has 0 N–H and O–H groups in total. The Morgan fingerprint density at radius 1 is 1.21 bits per heavy atom. The molecule has 4 saturated carbocycles. The van der Waals surface area contributed by atoms with Gasteiger partial charge in [0.15, 0.2) is 0 Å². The van der Waals surface area contributed by atoms with Crippen LogP contribution in [0.4, 0.5) is 0 Å². The minimum Gasteiger partial charge on any atom is -0.469 e. The van der Waals surface area contributed by atoms with E-state index >= 15 is 0 Å². The molecule has 4 bridgehead atoms. The second-order valence-electron chi connectivity index (χ2n) is 5.27. The third kappa shape index (κ3) is 1.12. The monoisotopic (exact) mass is 193 g/mol. The lowest BCUT2D eigenvalue weighted by atomic mass is 9.52. The number of esters is 1. The van der Waals surface area contributed by atoms with Crippen molar-refractivity contribution in [2.24, 2.45) is 23.7 Å². The highest BCUT2D eigenvalue weighted by molar-refractivity contribution is 5.73.